The Bertz CT molecular complexity index is 1170. The second kappa shape index (κ2) is 6.95. The summed E-state index contributed by atoms with van der Waals surface area (Å²) in [6.45, 7) is 6.33. The molecule has 0 aromatic carbocycles. The highest BCUT2D eigenvalue weighted by molar-refractivity contribution is 6.03. The Hall–Kier alpha value is -2.74. The molecule has 0 bridgehead atoms. The number of hydrogen-bond acceptors (Lipinski definition) is 6. The van der Waals surface area contributed by atoms with Crippen molar-refractivity contribution in [2.75, 3.05) is 26.3 Å². The van der Waals surface area contributed by atoms with Crippen molar-refractivity contribution >= 4 is 28.1 Å². The maximum absolute atomic E-state index is 13.0. The summed E-state index contributed by atoms with van der Waals surface area (Å²) < 4.78 is 12.5. The topological polar surface area (TPSA) is 90.5 Å². The number of carbonyl (C=O) groups is 1. The van der Waals surface area contributed by atoms with Gasteiger partial charge in [-0.1, -0.05) is 13.8 Å². The Balaban J connectivity index is 1.60. The first kappa shape index (κ1) is 18.3. The number of nitrogens with zero attached hydrogens (tertiary/aromatic N) is 4. The summed E-state index contributed by atoms with van der Waals surface area (Å²) in [6.07, 6.45) is 4.48. The second-order valence-corrected chi connectivity index (χ2v) is 8.09. The molecule has 0 N–H and O–H groups in total. The fraction of sp³-hybridized carbons (Fsp3) is 0.524. The van der Waals surface area contributed by atoms with E-state index in [1.54, 1.807) is 4.90 Å². The molecule has 29 heavy (non-hydrogen) atoms. The van der Waals surface area contributed by atoms with Crippen LogP contribution >= 0.6 is 0 Å². The van der Waals surface area contributed by atoms with Crippen LogP contribution in [0, 0.1) is 0 Å². The molecule has 2 aliphatic rings. The fourth-order valence-electron chi connectivity index (χ4n) is 4.47. The molecular weight excluding hydrogens is 372 g/mol. The van der Waals surface area contributed by atoms with Gasteiger partial charge in [0.2, 0.25) is 17.2 Å². The van der Waals surface area contributed by atoms with Crippen LogP contribution in [0.2, 0.25) is 0 Å². The second-order valence-electron chi connectivity index (χ2n) is 8.09. The van der Waals surface area contributed by atoms with Crippen molar-refractivity contribution in [3.8, 4) is 0 Å². The van der Waals surface area contributed by atoms with Gasteiger partial charge in [-0.05, 0) is 36.3 Å². The van der Waals surface area contributed by atoms with Crippen molar-refractivity contribution in [3.05, 3.63) is 33.5 Å². The lowest BCUT2D eigenvalue weighted by Gasteiger charge is -2.26. The first-order valence-electron chi connectivity index (χ1n) is 10.2. The molecule has 1 saturated heterocycles. The lowest BCUT2D eigenvalue weighted by molar-refractivity contribution is -0.135. The van der Waals surface area contributed by atoms with E-state index in [4.69, 9.17) is 14.1 Å². The molecule has 8 nitrogen and oxygen atoms in total. The maximum Gasteiger partial charge on any atom is 0.297 e. The minimum absolute atomic E-state index is 0.0540. The summed E-state index contributed by atoms with van der Waals surface area (Å²) in [5.41, 5.74) is 4.42. The van der Waals surface area contributed by atoms with Crippen molar-refractivity contribution in [1.29, 1.82) is 0 Å². The van der Waals surface area contributed by atoms with Gasteiger partial charge >= 0.3 is 0 Å². The monoisotopic (exact) mass is 396 g/mol. The van der Waals surface area contributed by atoms with Crippen molar-refractivity contribution in [2.45, 2.75) is 45.6 Å². The summed E-state index contributed by atoms with van der Waals surface area (Å²) in [7, 11) is 0. The molecule has 0 spiro atoms. The van der Waals surface area contributed by atoms with Gasteiger partial charge < -0.3 is 14.1 Å². The average Bonchev–Trinajstić information content (AvgIpc) is 3.34. The van der Waals surface area contributed by atoms with Gasteiger partial charge in [-0.2, -0.15) is 0 Å². The number of hydrogen-bond donors (Lipinski definition) is 0. The third-order valence-electron chi connectivity index (χ3n) is 5.91. The zero-order valence-electron chi connectivity index (χ0n) is 16.7. The van der Waals surface area contributed by atoms with E-state index in [2.05, 4.69) is 18.8 Å². The fourth-order valence-corrected chi connectivity index (χ4v) is 4.47. The van der Waals surface area contributed by atoms with Gasteiger partial charge in [-0.15, -0.1) is 0 Å². The van der Waals surface area contributed by atoms with Crippen LogP contribution in [-0.2, 0) is 28.9 Å². The third-order valence-corrected chi connectivity index (χ3v) is 5.91. The molecule has 8 heteroatoms. The Labute approximate surface area is 167 Å². The molecule has 1 aliphatic carbocycles. The molecule has 152 valence electrons. The highest BCUT2D eigenvalue weighted by Gasteiger charge is 2.27. The number of morpholine rings is 1. The van der Waals surface area contributed by atoms with E-state index < -0.39 is 0 Å². The van der Waals surface area contributed by atoms with Crippen LogP contribution in [0.3, 0.4) is 0 Å². The Morgan fingerprint density at radius 1 is 1.21 bits per heavy atom. The molecule has 1 fully saturated rings. The zero-order chi connectivity index (χ0) is 20.1. The molecule has 0 unspecified atom stereocenters. The van der Waals surface area contributed by atoms with Crippen LogP contribution in [0.1, 0.15) is 43.0 Å². The average molecular weight is 396 g/mol. The van der Waals surface area contributed by atoms with Crippen LogP contribution in [0.4, 0.5) is 0 Å². The third kappa shape index (κ3) is 2.93. The Morgan fingerprint density at radius 3 is 2.72 bits per heavy atom. The molecule has 3 aromatic rings. The van der Waals surface area contributed by atoms with Gasteiger partial charge in [0.25, 0.3) is 5.56 Å². The van der Waals surface area contributed by atoms with E-state index in [-0.39, 0.29) is 29.5 Å². The van der Waals surface area contributed by atoms with Crippen molar-refractivity contribution in [1.82, 2.24) is 19.4 Å². The number of amides is 1. The summed E-state index contributed by atoms with van der Waals surface area (Å²) >= 11 is 0. The van der Waals surface area contributed by atoms with Gasteiger partial charge in [-0.25, -0.2) is 9.97 Å². The zero-order valence-corrected chi connectivity index (χ0v) is 16.7. The smallest absolute Gasteiger partial charge is 0.297 e. The van der Waals surface area contributed by atoms with Crippen LogP contribution in [0.15, 0.2) is 15.5 Å². The minimum Gasteiger partial charge on any atom is -0.430 e. The van der Waals surface area contributed by atoms with E-state index in [1.165, 1.54) is 22.0 Å². The number of ether oxygens (including phenoxy) is 1. The molecule has 4 heterocycles. The highest BCUT2D eigenvalue weighted by atomic mass is 16.5. The van der Waals surface area contributed by atoms with Gasteiger partial charge in [0.05, 0.1) is 30.6 Å². The van der Waals surface area contributed by atoms with Crippen LogP contribution in [-0.4, -0.2) is 51.6 Å². The molecule has 0 saturated carbocycles. The summed E-state index contributed by atoms with van der Waals surface area (Å²) in [4.78, 5) is 36.6. The number of fused-ring (bicyclic) bond motifs is 5. The Kier molecular flexibility index (Phi) is 4.38. The molecule has 3 aromatic heterocycles. The predicted octanol–water partition coefficient (Wildman–Crippen LogP) is 2.01. The van der Waals surface area contributed by atoms with E-state index >= 15 is 0 Å². The summed E-state index contributed by atoms with van der Waals surface area (Å²) in [5.74, 6) is 0.170. The summed E-state index contributed by atoms with van der Waals surface area (Å²) in [6, 6.07) is 0. The van der Waals surface area contributed by atoms with Gasteiger partial charge in [0.1, 0.15) is 12.1 Å². The molecule has 0 radical (unpaired) electrons. The van der Waals surface area contributed by atoms with E-state index in [1.807, 2.05) is 0 Å². The number of carbonyl (C=O) groups excluding carboxylic acids is 1. The van der Waals surface area contributed by atoms with Gasteiger partial charge in [0, 0.05) is 13.1 Å². The maximum atomic E-state index is 13.0. The molecule has 5 rings (SSSR count). The first-order chi connectivity index (χ1) is 14.0. The van der Waals surface area contributed by atoms with Crippen LogP contribution < -0.4 is 5.56 Å². The van der Waals surface area contributed by atoms with E-state index in [0.717, 1.165) is 30.3 Å². The minimum atomic E-state index is -0.340. The SMILES string of the molecule is CC(C)c1nc2oc3c(=O)n(CC(=O)N4CCOCC4)cnc3c2c2c1CCC2. The highest BCUT2D eigenvalue weighted by Crippen LogP contribution is 2.37. The van der Waals surface area contributed by atoms with E-state index in [0.29, 0.717) is 37.5 Å². The largest absolute Gasteiger partial charge is 0.430 e. The Morgan fingerprint density at radius 2 is 1.97 bits per heavy atom. The van der Waals surface area contributed by atoms with Crippen molar-refractivity contribution in [2.24, 2.45) is 0 Å². The number of aryl methyl sites for hydroxylation is 1. The molecular formula is C21H24N4O4. The number of aromatic nitrogens is 3. The van der Waals surface area contributed by atoms with Gasteiger partial charge in [-0.3, -0.25) is 14.2 Å². The lowest BCUT2D eigenvalue weighted by atomic mass is 9.99. The lowest BCUT2D eigenvalue weighted by Crippen LogP contribution is -2.43. The molecule has 0 atom stereocenters. The first-order valence-corrected chi connectivity index (χ1v) is 10.2. The van der Waals surface area contributed by atoms with Crippen molar-refractivity contribution in [3.63, 3.8) is 0 Å². The number of pyridine rings is 1. The number of rotatable bonds is 3. The van der Waals surface area contributed by atoms with E-state index in [9.17, 15) is 9.59 Å². The normalized spacial score (nSPS) is 16.9. The molecule has 1 amide bonds. The van der Waals surface area contributed by atoms with Crippen molar-refractivity contribution < 1.29 is 13.9 Å². The summed E-state index contributed by atoms with van der Waals surface area (Å²) in [5, 5.41) is 0.862. The number of furan rings is 1. The van der Waals surface area contributed by atoms with Crippen LogP contribution in [0.5, 0.6) is 0 Å². The standard InChI is InChI=1S/C21H24N4O4/c1-12(2)17-14-5-3-4-13(14)16-18-19(29-20(16)23-17)21(27)25(11-22-18)10-15(26)24-6-8-28-9-7-24/h11-12H,3-10H2,1-2H3. The molecule has 1 aliphatic heterocycles. The quantitative estimate of drug-likeness (QED) is 0.673. The predicted molar refractivity (Wildman–Crippen MR) is 107 cm³/mol. The van der Waals surface area contributed by atoms with Crippen LogP contribution in [0.25, 0.3) is 22.2 Å². The van der Waals surface area contributed by atoms with Gasteiger partial charge in [0.15, 0.2) is 0 Å².